The van der Waals surface area contributed by atoms with Crippen LogP contribution < -0.4 is 10.6 Å². The minimum absolute atomic E-state index is 0.00600. The SMILES string of the molecule is CN(C(=O)[C@@H]1CCC(=O)N1)C1CCCNC1. The molecule has 2 heterocycles. The third kappa shape index (κ3) is 2.35. The van der Waals surface area contributed by atoms with Gasteiger partial charge in [0, 0.05) is 26.1 Å². The van der Waals surface area contributed by atoms with E-state index in [2.05, 4.69) is 10.6 Å². The Hall–Kier alpha value is -1.10. The van der Waals surface area contributed by atoms with Crippen molar-refractivity contribution in [3.63, 3.8) is 0 Å². The highest BCUT2D eigenvalue weighted by Crippen LogP contribution is 2.14. The summed E-state index contributed by atoms with van der Waals surface area (Å²) in [7, 11) is 1.84. The highest BCUT2D eigenvalue weighted by Gasteiger charge is 2.32. The summed E-state index contributed by atoms with van der Waals surface area (Å²) in [6, 6.07) is -0.0156. The van der Waals surface area contributed by atoms with Gasteiger partial charge in [0.2, 0.25) is 11.8 Å². The Labute approximate surface area is 95.6 Å². The quantitative estimate of drug-likeness (QED) is 0.664. The topological polar surface area (TPSA) is 61.4 Å². The molecule has 0 saturated carbocycles. The Balaban J connectivity index is 1.90. The molecular formula is C11H19N3O2. The molecular weight excluding hydrogens is 206 g/mol. The van der Waals surface area contributed by atoms with Crippen LogP contribution >= 0.6 is 0 Å². The highest BCUT2D eigenvalue weighted by molar-refractivity contribution is 5.90. The van der Waals surface area contributed by atoms with Crippen molar-refractivity contribution in [3.05, 3.63) is 0 Å². The van der Waals surface area contributed by atoms with Crippen LogP contribution in [-0.4, -0.2) is 48.9 Å². The molecule has 5 nitrogen and oxygen atoms in total. The van der Waals surface area contributed by atoms with E-state index in [1.165, 1.54) is 0 Å². The Bertz CT molecular complexity index is 287. The van der Waals surface area contributed by atoms with E-state index in [0.29, 0.717) is 12.8 Å². The van der Waals surface area contributed by atoms with Gasteiger partial charge < -0.3 is 15.5 Å². The van der Waals surface area contributed by atoms with Gasteiger partial charge in [-0.3, -0.25) is 9.59 Å². The number of hydrogen-bond donors (Lipinski definition) is 2. The summed E-state index contributed by atoms with van der Waals surface area (Å²) in [6.07, 6.45) is 3.28. The predicted molar refractivity (Wildman–Crippen MR) is 59.8 cm³/mol. The van der Waals surface area contributed by atoms with Crippen LogP contribution in [-0.2, 0) is 9.59 Å². The zero-order valence-corrected chi connectivity index (χ0v) is 9.66. The minimum Gasteiger partial charge on any atom is -0.344 e. The maximum atomic E-state index is 12.1. The van der Waals surface area contributed by atoms with Crippen LogP contribution in [0.5, 0.6) is 0 Å². The van der Waals surface area contributed by atoms with Gasteiger partial charge in [0.25, 0.3) is 0 Å². The van der Waals surface area contributed by atoms with E-state index in [9.17, 15) is 9.59 Å². The Kier molecular flexibility index (Phi) is 3.43. The van der Waals surface area contributed by atoms with Crippen molar-refractivity contribution < 1.29 is 9.59 Å². The fourth-order valence-corrected chi connectivity index (χ4v) is 2.39. The molecule has 2 aliphatic heterocycles. The van der Waals surface area contributed by atoms with Gasteiger partial charge in [-0.2, -0.15) is 0 Å². The maximum Gasteiger partial charge on any atom is 0.245 e. The molecule has 2 amide bonds. The van der Waals surface area contributed by atoms with Crippen LogP contribution in [0.15, 0.2) is 0 Å². The maximum absolute atomic E-state index is 12.1. The van der Waals surface area contributed by atoms with Crippen molar-refractivity contribution in [1.29, 1.82) is 0 Å². The summed E-state index contributed by atoms with van der Waals surface area (Å²) < 4.78 is 0. The summed E-state index contributed by atoms with van der Waals surface area (Å²) in [5, 5.41) is 6.01. The van der Waals surface area contributed by atoms with Gasteiger partial charge in [-0.15, -0.1) is 0 Å². The first-order valence-corrected chi connectivity index (χ1v) is 5.95. The summed E-state index contributed by atoms with van der Waals surface area (Å²) in [6.45, 7) is 1.90. The minimum atomic E-state index is -0.292. The van der Waals surface area contributed by atoms with Crippen molar-refractivity contribution in [2.45, 2.75) is 37.8 Å². The van der Waals surface area contributed by atoms with Crippen LogP contribution in [0.1, 0.15) is 25.7 Å². The van der Waals surface area contributed by atoms with Gasteiger partial charge in [-0.25, -0.2) is 0 Å². The number of carbonyl (C=O) groups is 2. The van der Waals surface area contributed by atoms with Crippen LogP contribution in [0.25, 0.3) is 0 Å². The third-order valence-corrected chi connectivity index (χ3v) is 3.46. The molecule has 2 saturated heterocycles. The number of nitrogens with one attached hydrogen (secondary N) is 2. The van der Waals surface area contributed by atoms with Gasteiger partial charge in [0.15, 0.2) is 0 Å². The second-order valence-electron chi connectivity index (χ2n) is 4.61. The smallest absolute Gasteiger partial charge is 0.245 e. The molecule has 16 heavy (non-hydrogen) atoms. The number of nitrogens with zero attached hydrogens (tertiary/aromatic N) is 1. The van der Waals surface area contributed by atoms with E-state index in [1.54, 1.807) is 4.90 Å². The summed E-state index contributed by atoms with van der Waals surface area (Å²) in [5.41, 5.74) is 0. The molecule has 5 heteroatoms. The molecule has 90 valence electrons. The molecule has 0 radical (unpaired) electrons. The Morgan fingerprint density at radius 3 is 2.81 bits per heavy atom. The first kappa shape index (κ1) is 11.4. The lowest BCUT2D eigenvalue weighted by molar-refractivity contribution is -0.135. The highest BCUT2D eigenvalue weighted by atomic mass is 16.2. The second kappa shape index (κ2) is 4.82. The van der Waals surface area contributed by atoms with E-state index in [4.69, 9.17) is 0 Å². The first-order chi connectivity index (χ1) is 7.68. The van der Waals surface area contributed by atoms with Gasteiger partial charge in [-0.1, -0.05) is 0 Å². The first-order valence-electron chi connectivity index (χ1n) is 5.95. The van der Waals surface area contributed by atoms with Crippen LogP contribution in [0.3, 0.4) is 0 Å². The van der Waals surface area contributed by atoms with Gasteiger partial charge in [-0.05, 0) is 25.8 Å². The van der Waals surface area contributed by atoms with Crippen molar-refractivity contribution in [2.75, 3.05) is 20.1 Å². The normalized spacial score (nSPS) is 29.9. The second-order valence-corrected chi connectivity index (χ2v) is 4.61. The van der Waals surface area contributed by atoms with Crippen molar-refractivity contribution in [2.24, 2.45) is 0 Å². The molecule has 1 unspecified atom stereocenters. The number of carbonyl (C=O) groups excluding carboxylic acids is 2. The van der Waals surface area contributed by atoms with E-state index < -0.39 is 0 Å². The van der Waals surface area contributed by atoms with E-state index in [0.717, 1.165) is 25.9 Å². The summed E-state index contributed by atoms with van der Waals surface area (Å²) in [4.78, 5) is 24.9. The predicted octanol–water partition coefficient (Wildman–Crippen LogP) is -0.525. The van der Waals surface area contributed by atoms with Crippen molar-refractivity contribution >= 4 is 11.8 Å². The zero-order chi connectivity index (χ0) is 11.5. The van der Waals surface area contributed by atoms with Crippen molar-refractivity contribution in [3.8, 4) is 0 Å². The van der Waals surface area contributed by atoms with Crippen molar-refractivity contribution in [1.82, 2.24) is 15.5 Å². The molecule has 2 aliphatic rings. The fourth-order valence-electron chi connectivity index (χ4n) is 2.39. The standard InChI is InChI=1S/C11H19N3O2/c1-14(8-3-2-6-12-7-8)11(16)9-4-5-10(15)13-9/h8-9,12H,2-7H2,1H3,(H,13,15)/t8?,9-/m0/s1. The van der Waals surface area contributed by atoms with Gasteiger partial charge >= 0.3 is 0 Å². The van der Waals surface area contributed by atoms with E-state index in [1.807, 2.05) is 7.05 Å². The molecule has 0 bridgehead atoms. The van der Waals surface area contributed by atoms with Gasteiger partial charge in [0.1, 0.15) is 6.04 Å². The average molecular weight is 225 g/mol. The Morgan fingerprint density at radius 2 is 2.25 bits per heavy atom. The van der Waals surface area contributed by atoms with E-state index in [-0.39, 0.29) is 23.9 Å². The molecule has 0 aliphatic carbocycles. The number of rotatable bonds is 2. The zero-order valence-electron chi connectivity index (χ0n) is 9.66. The summed E-state index contributed by atoms with van der Waals surface area (Å²) >= 11 is 0. The van der Waals surface area contributed by atoms with E-state index >= 15 is 0 Å². The third-order valence-electron chi connectivity index (χ3n) is 3.46. The van der Waals surface area contributed by atoms with Gasteiger partial charge in [0.05, 0.1) is 0 Å². The molecule has 2 fully saturated rings. The molecule has 0 aromatic rings. The lowest BCUT2D eigenvalue weighted by atomic mass is 10.1. The van der Waals surface area contributed by atoms with Crippen LogP contribution in [0.2, 0.25) is 0 Å². The fraction of sp³-hybridized carbons (Fsp3) is 0.818. The molecule has 0 spiro atoms. The molecule has 0 aromatic carbocycles. The summed E-state index contributed by atoms with van der Waals surface area (Å²) in [5.74, 6) is 0.0491. The monoisotopic (exact) mass is 225 g/mol. The molecule has 0 aromatic heterocycles. The number of hydrogen-bond acceptors (Lipinski definition) is 3. The number of amides is 2. The number of piperidine rings is 1. The molecule has 2 atom stereocenters. The lowest BCUT2D eigenvalue weighted by Gasteiger charge is -2.33. The molecule has 2 N–H and O–H groups in total. The lowest BCUT2D eigenvalue weighted by Crippen LogP contribution is -2.51. The van der Waals surface area contributed by atoms with Crippen LogP contribution in [0.4, 0.5) is 0 Å². The largest absolute Gasteiger partial charge is 0.344 e. The van der Waals surface area contributed by atoms with Crippen LogP contribution in [0, 0.1) is 0 Å². The average Bonchev–Trinajstić information content (AvgIpc) is 2.75. The Morgan fingerprint density at radius 1 is 1.44 bits per heavy atom. The number of likely N-dealkylation sites (N-methyl/N-ethyl adjacent to an activating group) is 1. The molecule has 2 rings (SSSR count).